The molecule has 0 aromatic carbocycles. The zero-order chi connectivity index (χ0) is 7.56. The quantitative estimate of drug-likeness (QED) is 0.596. The van der Waals surface area contributed by atoms with Gasteiger partial charge in [0, 0.05) is 12.6 Å². The number of aliphatic hydroxyl groups excluding tert-OH is 1. The molecule has 2 nitrogen and oxygen atoms in total. The van der Waals surface area contributed by atoms with Crippen LogP contribution in [-0.4, -0.2) is 28.8 Å². The maximum absolute atomic E-state index is 9.27. The molecule has 2 atom stereocenters. The first-order valence-electron chi connectivity index (χ1n) is 4.15. The van der Waals surface area contributed by atoms with E-state index < -0.39 is 0 Å². The average Bonchev–Trinajstić information content (AvgIpc) is 1.88. The third kappa shape index (κ3) is 1.70. The van der Waals surface area contributed by atoms with E-state index in [0.717, 1.165) is 6.54 Å². The zero-order valence-corrected chi connectivity index (χ0v) is 6.88. The molecule has 10 heavy (non-hydrogen) atoms. The minimum atomic E-state index is -0.254. The molecule has 1 heterocycles. The van der Waals surface area contributed by atoms with Gasteiger partial charge < -0.3 is 5.11 Å². The Morgan fingerprint density at radius 2 is 2.20 bits per heavy atom. The summed E-state index contributed by atoms with van der Waals surface area (Å²) in [6.45, 7) is 5.10. The van der Waals surface area contributed by atoms with Crippen molar-refractivity contribution in [3.8, 4) is 0 Å². The van der Waals surface area contributed by atoms with Crippen molar-refractivity contribution in [2.24, 2.45) is 0 Å². The molecule has 0 aromatic rings. The van der Waals surface area contributed by atoms with Crippen molar-refractivity contribution < 1.29 is 5.11 Å². The lowest BCUT2D eigenvalue weighted by atomic mass is 10.0. The first kappa shape index (κ1) is 8.02. The molecule has 60 valence electrons. The van der Waals surface area contributed by atoms with Gasteiger partial charge in [-0.1, -0.05) is 6.42 Å². The molecule has 1 saturated heterocycles. The summed E-state index contributed by atoms with van der Waals surface area (Å²) in [6, 6.07) is 0.578. The summed E-state index contributed by atoms with van der Waals surface area (Å²) in [5, 5.41) is 9.27. The highest BCUT2D eigenvalue weighted by Crippen LogP contribution is 2.17. The number of nitrogens with zero attached hydrogens (tertiary/aromatic N) is 1. The van der Waals surface area contributed by atoms with Gasteiger partial charge in [-0.25, -0.2) is 0 Å². The SMILES string of the molecule is CC1CCCCN1[C@H](C)O. The number of piperidine rings is 1. The Morgan fingerprint density at radius 3 is 2.60 bits per heavy atom. The minimum absolute atomic E-state index is 0.254. The maximum Gasteiger partial charge on any atom is 0.104 e. The number of rotatable bonds is 1. The molecule has 1 unspecified atom stereocenters. The fraction of sp³-hybridized carbons (Fsp3) is 1.00. The number of likely N-dealkylation sites (tertiary alicyclic amines) is 1. The van der Waals surface area contributed by atoms with Crippen LogP contribution in [0.2, 0.25) is 0 Å². The molecule has 0 aliphatic carbocycles. The molecule has 0 saturated carbocycles. The molecule has 0 amide bonds. The van der Waals surface area contributed by atoms with Crippen LogP contribution in [0.3, 0.4) is 0 Å². The highest BCUT2D eigenvalue weighted by atomic mass is 16.3. The smallest absolute Gasteiger partial charge is 0.104 e. The molecule has 1 N–H and O–H groups in total. The Labute approximate surface area is 62.8 Å². The summed E-state index contributed by atoms with van der Waals surface area (Å²) in [5.74, 6) is 0. The molecule has 0 radical (unpaired) electrons. The van der Waals surface area contributed by atoms with Gasteiger partial charge in [-0.15, -0.1) is 0 Å². The third-order valence-electron chi connectivity index (χ3n) is 2.33. The van der Waals surface area contributed by atoms with Crippen molar-refractivity contribution in [1.82, 2.24) is 4.90 Å². The van der Waals surface area contributed by atoms with E-state index >= 15 is 0 Å². The first-order valence-corrected chi connectivity index (χ1v) is 4.15. The van der Waals surface area contributed by atoms with Crippen LogP contribution in [0.5, 0.6) is 0 Å². The average molecular weight is 143 g/mol. The molecule has 2 heteroatoms. The number of aliphatic hydroxyl groups is 1. The van der Waals surface area contributed by atoms with E-state index in [0.29, 0.717) is 6.04 Å². The largest absolute Gasteiger partial charge is 0.379 e. The van der Waals surface area contributed by atoms with Crippen molar-refractivity contribution in [1.29, 1.82) is 0 Å². The lowest BCUT2D eigenvalue weighted by Gasteiger charge is -2.35. The van der Waals surface area contributed by atoms with E-state index in [1.807, 2.05) is 6.92 Å². The highest BCUT2D eigenvalue weighted by molar-refractivity contribution is 4.72. The van der Waals surface area contributed by atoms with Gasteiger partial charge in [-0.3, -0.25) is 4.90 Å². The van der Waals surface area contributed by atoms with Gasteiger partial charge in [0.15, 0.2) is 0 Å². The summed E-state index contributed by atoms with van der Waals surface area (Å²) in [5.41, 5.74) is 0. The van der Waals surface area contributed by atoms with Crippen LogP contribution in [-0.2, 0) is 0 Å². The highest BCUT2D eigenvalue weighted by Gasteiger charge is 2.20. The third-order valence-corrected chi connectivity index (χ3v) is 2.33. The summed E-state index contributed by atoms with van der Waals surface area (Å²) in [6.07, 6.45) is 3.56. The summed E-state index contributed by atoms with van der Waals surface area (Å²) < 4.78 is 0. The van der Waals surface area contributed by atoms with Gasteiger partial charge in [-0.2, -0.15) is 0 Å². The first-order chi connectivity index (χ1) is 4.72. The predicted octanol–water partition coefficient (Wildman–Crippen LogP) is 1.20. The Hall–Kier alpha value is -0.0800. The Morgan fingerprint density at radius 1 is 1.50 bits per heavy atom. The van der Waals surface area contributed by atoms with E-state index in [1.54, 1.807) is 0 Å². The van der Waals surface area contributed by atoms with Crippen LogP contribution in [0.4, 0.5) is 0 Å². The van der Waals surface area contributed by atoms with Crippen molar-refractivity contribution in [2.45, 2.75) is 45.4 Å². The molecular weight excluding hydrogens is 126 g/mol. The molecule has 1 aliphatic rings. The second-order valence-electron chi connectivity index (χ2n) is 3.21. The van der Waals surface area contributed by atoms with Crippen LogP contribution < -0.4 is 0 Å². The van der Waals surface area contributed by atoms with Gasteiger partial charge in [0.25, 0.3) is 0 Å². The van der Waals surface area contributed by atoms with Crippen LogP contribution in [0.25, 0.3) is 0 Å². The van der Waals surface area contributed by atoms with Crippen LogP contribution in [0, 0.1) is 0 Å². The molecular formula is C8H17NO. The Bertz CT molecular complexity index is 103. The lowest BCUT2D eigenvalue weighted by Crippen LogP contribution is -2.43. The molecule has 1 aliphatic heterocycles. The zero-order valence-electron chi connectivity index (χ0n) is 6.88. The maximum atomic E-state index is 9.27. The van der Waals surface area contributed by atoms with Gasteiger partial charge >= 0.3 is 0 Å². The lowest BCUT2D eigenvalue weighted by molar-refractivity contribution is -0.0224. The second kappa shape index (κ2) is 3.35. The van der Waals surface area contributed by atoms with Crippen LogP contribution in [0.1, 0.15) is 33.1 Å². The van der Waals surface area contributed by atoms with Crippen molar-refractivity contribution in [2.75, 3.05) is 6.54 Å². The molecule has 0 bridgehead atoms. The van der Waals surface area contributed by atoms with Crippen LogP contribution in [0.15, 0.2) is 0 Å². The second-order valence-corrected chi connectivity index (χ2v) is 3.21. The van der Waals surface area contributed by atoms with E-state index in [1.165, 1.54) is 19.3 Å². The summed E-state index contributed by atoms with van der Waals surface area (Å²) in [4.78, 5) is 2.16. The standard InChI is InChI=1S/C8H17NO/c1-7-5-3-4-6-9(7)8(2)10/h7-8,10H,3-6H2,1-2H3/t7?,8-/m0/s1. The fourth-order valence-corrected chi connectivity index (χ4v) is 1.68. The predicted molar refractivity (Wildman–Crippen MR) is 41.7 cm³/mol. The van der Waals surface area contributed by atoms with Crippen LogP contribution >= 0.6 is 0 Å². The molecule has 1 rings (SSSR count). The van der Waals surface area contributed by atoms with E-state index in [2.05, 4.69) is 11.8 Å². The van der Waals surface area contributed by atoms with E-state index in [-0.39, 0.29) is 6.23 Å². The Kier molecular flexibility index (Phi) is 2.69. The summed E-state index contributed by atoms with van der Waals surface area (Å²) in [7, 11) is 0. The van der Waals surface area contributed by atoms with Gasteiger partial charge in [0.05, 0.1) is 0 Å². The topological polar surface area (TPSA) is 23.5 Å². The Balaban J connectivity index is 2.40. The van der Waals surface area contributed by atoms with Crippen molar-refractivity contribution >= 4 is 0 Å². The normalized spacial score (nSPS) is 32.1. The van der Waals surface area contributed by atoms with E-state index in [4.69, 9.17) is 0 Å². The fourth-order valence-electron chi connectivity index (χ4n) is 1.68. The molecule has 0 spiro atoms. The van der Waals surface area contributed by atoms with Gasteiger partial charge in [-0.05, 0) is 26.7 Å². The van der Waals surface area contributed by atoms with E-state index in [9.17, 15) is 5.11 Å². The van der Waals surface area contributed by atoms with Gasteiger partial charge in [0.1, 0.15) is 6.23 Å². The minimum Gasteiger partial charge on any atom is -0.379 e. The van der Waals surface area contributed by atoms with Crippen molar-refractivity contribution in [3.05, 3.63) is 0 Å². The monoisotopic (exact) mass is 143 g/mol. The number of hydrogen-bond acceptors (Lipinski definition) is 2. The molecule has 0 aromatic heterocycles. The molecule has 1 fully saturated rings. The summed E-state index contributed by atoms with van der Waals surface area (Å²) >= 11 is 0. The van der Waals surface area contributed by atoms with Crippen molar-refractivity contribution in [3.63, 3.8) is 0 Å². The van der Waals surface area contributed by atoms with Gasteiger partial charge in [0.2, 0.25) is 0 Å². The number of hydrogen-bond donors (Lipinski definition) is 1.